The van der Waals surface area contributed by atoms with Gasteiger partial charge in [0.05, 0.1) is 6.54 Å². The SMILES string of the molecule is CCNC(=NCC(C)(O)c1cc(C)oc1C)NCCC(=O)Nc1cccc(C)n1.I. The number of hydrogen-bond acceptors (Lipinski definition) is 5. The number of nitrogens with one attached hydrogen (secondary N) is 3. The van der Waals surface area contributed by atoms with Crippen LogP contribution in [0, 0.1) is 20.8 Å². The molecule has 2 rings (SSSR count). The fourth-order valence-electron chi connectivity index (χ4n) is 2.94. The van der Waals surface area contributed by atoms with E-state index in [-0.39, 0.29) is 42.8 Å². The van der Waals surface area contributed by atoms with Crippen LogP contribution in [0.2, 0.25) is 0 Å². The lowest BCUT2D eigenvalue weighted by molar-refractivity contribution is -0.116. The normalized spacial score (nSPS) is 13.2. The van der Waals surface area contributed by atoms with Gasteiger partial charge in [-0.15, -0.1) is 24.0 Å². The Balaban J connectivity index is 0.00000450. The Hall–Kier alpha value is -2.14. The maximum Gasteiger partial charge on any atom is 0.227 e. The van der Waals surface area contributed by atoms with Crippen molar-refractivity contribution >= 4 is 41.7 Å². The molecule has 1 amide bonds. The number of guanidine groups is 1. The maximum atomic E-state index is 12.1. The smallest absolute Gasteiger partial charge is 0.227 e. The molecule has 0 fully saturated rings. The van der Waals surface area contributed by atoms with Gasteiger partial charge in [0.25, 0.3) is 0 Å². The molecule has 166 valence electrons. The summed E-state index contributed by atoms with van der Waals surface area (Å²) in [5, 5.41) is 19.8. The van der Waals surface area contributed by atoms with E-state index in [0.29, 0.717) is 30.6 Å². The molecule has 1 unspecified atom stereocenters. The van der Waals surface area contributed by atoms with Gasteiger partial charge >= 0.3 is 0 Å². The van der Waals surface area contributed by atoms with Crippen molar-refractivity contribution in [1.29, 1.82) is 0 Å². The average Bonchev–Trinajstić information content (AvgIpc) is 2.99. The van der Waals surface area contributed by atoms with Crippen LogP contribution in [-0.4, -0.2) is 41.6 Å². The Morgan fingerprint density at radius 1 is 1.27 bits per heavy atom. The van der Waals surface area contributed by atoms with Crippen molar-refractivity contribution in [3.8, 4) is 0 Å². The number of carbonyl (C=O) groups is 1. The van der Waals surface area contributed by atoms with Crippen LogP contribution in [0.25, 0.3) is 0 Å². The summed E-state index contributed by atoms with van der Waals surface area (Å²) < 4.78 is 5.51. The number of aromatic nitrogens is 1. The van der Waals surface area contributed by atoms with Crippen LogP contribution in [-0.2, 0) is 10.4 Å². The van der Waals surface area contributed by atoms with Gasteiger partial charge in [0.1, 0.15) is 22.9 Å². The number of carbonyl (C=O) groups excluding carboxylic acids is 1. The summed E-state index contributed by atoms with van der Waals surface area (Å²) in [6.07, 6.45) is 0.260. The second-order valence-electron chi connectivity index (χ2n) is 7.19. The highest BCUT2D eigenvalue weighted by Crippen LogP contribution is 2.27. The third-order valence-corrected chi connectivity index (χ3v) is 4.31. The zero-order valence-corrected chi connectivity index (χ0v) is 20.5. The molecule has 1 atom stereocenters. The summed E-state index contributed by atoms with van der Waals surface area (Å²) in [5.74, 6) is 2.37. The van der Waals surface area contributed by atoms with Crippen LogP contribution in [0.4, 0.5) is 5.82 Å². The van der Waals surface area contributed by atoms with Crippen LogP contribution in [0.15, 0.2) is 33.7 Å². The van der Waals surface area contributed by atoms with E-state index in [0.717, 1.165) is 17.0 Å². The highest BCUT2D eigenvalue weighted by Gasteiger charge is 2.27. The summed E-state index contributed by atoms with van der Waals surface area (Å²) in [6, 6.07) is 7.30. The van der Waals surface area contributed by atoms with E-state index in [1.54, 1.807) is 13.0 Å². The number of furan rings is 1. The molecular weight excluding hydrogens is 497 g/mol. The number of aryl methyl sites for hydroxylation is 3. The van der Waals surface area contributed by atoms with Gasteiger partial charge in [-0.3, -0.25) is 4.79 Å². The minimum absolute atomic E-state index is 0. The lowest BCUT2D eigenvalue weighted by Crippen LogP contribution is -2.40. The van der Waals surface area contributed by atoms with Gasteiger partial charge in [-0.25, -0.2) is 9.98 Å². The molecule has 8 nitrogen and oxygen atoms in total. The lowest BCUT2D eigenvalue weighted by Gasteiger charge is -2.21. The molecule has 0 bridgehead atoms. The van der Waals surface area contributed by atoms with Gasteiger partial charge in [-0.05, 0) is 52.8 Å². The van der Waals surface area contributed by atoms with E-state index in [2.05, 4.69) is 25.9 Å². The van der Waals surface area contributed by atoms with E-state index >= 15 is 0 Å². The molecule has 0 saturated carbocycles. The minimum atomic E-state index is -1.15. The number of nitrogens with zero attached hydrogens (tertiary/aromatic N) is 2. The van der Waals surface area contributed by atoms with Crippen LogP contribution >= 0.6 is 24.0 Å². The highest BCUT2D eigenvalue weighted by molar-refractivity contribution is 14.0. The summed E-state index contributed by atoms with van der Waals surface area (Å²) in [7, 11) is 0. The average molecular weight is 529 g/mol. The van der Waals surface area contributed by atoms with Gasteiger partial charge in [-0.2, -0.15) is 0 Å². The van der Waals surface area contributed by atoms with Crippen molar-refractivity contribution in [3.05, 3.63) is 47.0 Å². The fraction of sp³-hybridized carbons (Fsp3) is 0.476. The molecule has 30 heavy (non-hydrogen) atoms. The van der Waals surface area contributed by atoms with E-state index in [4.69, 9.17) is 4.42 Å². The summed E-state index contributed by atoms with van der Waals surface area (Å²) in [4.78, 5) is 20.8. The van der Waals surface area contributed by atoms with Crippen molar-refractivity contribution in [3.63, 3.8) is 0 Å². The van der Waals surface area contributed by atoms with E-state index < -0.39 is 5.60 Å². The first-order chi connectivity index (χ1) is 13.7. The van der Waals surface area contributed by atoms with Gasteiger partial charge in [0.2, 0.25) is 5.91 Å². The predicted octanol–water partition coefficient (Wildman–Crippen LogP) is 3.01. The number of pyridine rings is 1. The van der Waals surface area contributed by atoms with Crippen molar-refractivity contribution in [2.24, 2.45) is 4.99 Å². The van der Waals surface area contributed by atoms with Gasteiger partial charge in [-0.1, -0.05) is 6.07 Å². The second-order valence-corrected chi connectivity index (χ2v) is 7.19. The standard InChI is InChI=1S/C21H31N5O3.HI/c1-6-22-20(24-13-21(5,28)17-12-15(3)29-16(17)4)23-11-10-19(27)26-18-9-7-8-14(2)25-18;/h7-9,12,28H,6,10-11,13H2,1-5H3,(H2,22,23,24)(H,25,26,27);1H. The number of rotatable bonds is 8. The summed E-state index contributed by atoms with van der Waals surface area (Å²) in [5.41, 5.74) is 0.413. The molecule has 0 aliphatic carbocycles. The summed E-state index contributed by atoms with van der Waals surface area (Å²) >= 11 is 0. The second kappa shape index (κ2) is 11.9. The lowest BCUT2D eigenvalue weighted by atomic mass is 9.96. The van der Waals surface area contributed by atoms with Crippen molar-refractivity contribution in [2.75, 3.05) is 25.0 Å². The fourth-order valence-corrected chi connectivity index (χ4v) is 2.94. The number of hydrogen-bond donors (Lipinski definition) is 4. The quantitative estimate of drug-likeness (QED) is 0.238. The number of amides is 1. The minimum Gasteiger partial charge on any atom is -0.466 e. The van der Waals surface area contributed by atoms with E-state index in [1.807, 2.05) is 45.9 Å². The number of aliphatic hydroxyl groups is 1. The molecule has 0 saturated heterocycles. The Bertz CT molecular complexity index is 864. The molecule has 0 spiro atoms. The van der Waals surface area contributed by atoms with Gasteiger partial charge in [0.15, 0.2) is 5.96 Å². The first kappa shape index (κ1) is 25.9. The molecule has 4 N–H and O–H groups in total. The topological polar surface area (TPSA) is 112 Å². The molecule has 0 radical (unpaired) electrons. The predicted molar refractivity (Wildman–Crippen MR) is 129 cm³/mol. The molecule has 2 aromatic rings. The monoisotopic (exact) mass is 529 g/mol. The van der Waals surface area contributed by atoms with Crippen LogP contribution in [0.3, 0.4) is 0 Å². The van der Waals surface area contributed by atoms with E-state index in [9.17, 15) is 9.90 Å². The third-order valence-electron chi connectivity index (χ3n) is 4.31. The molecule has 2 heterocycles. The first-order valence-electron chi connectivity index (χ1n) is 9.77. The molecule has 2 aromatic heterocycles. The Morgan fingerprint density at radius 3 is 2.60 bits per heavy atom. The number of anilines is 1. The molecular formula is C21H32IN5O3. The number of aliphatic imine (C=N–C) groups is 1. The maximum absolute atomic E-state index is 12.1. The molecule has 9 heteroatoms. The zero-order chi connectivity index (χ0) is 21.4. The molecule has 0 aliphatic heterocycles. The van der Waals surface area contributed by atoms with Crippen molar-refractivity contribution in [2.45, 2.75) is 46.6 Å². The Labute approximate surface area is 195 Å². The van der Waals surface area contributed by atoms with Crippen LogP contribution in [0.1, 0.15) is 43.0 Å². The van der Waals surface area contributed by atoms with Crippen molar-refractivity contribution < 1.29 is 14.3 Å². The first-order valence-corrected chi connectivity index (χ1v) is 9.77. The van der Waals surface area contributed by atoms with Crippen molar-refractivity contribution in [1.82, 2.24) is 15.6 Å². The molecule has 0 aromatic carbocycles. The summed E-state index contributed by atoms with van der Waals surface area (Å²) in [6.45, 7) is 10.4. The van der Waals surface area contributed by atoms with Crippen LogP contribution in [0.5, 0.6) is 0 Å². The zero-order valence-electron chi connectivity index (χ0n) is 18.2. The molecule has 0 aliphatic rings. The highest BCUT2D eigenvalue weighted by atomic mass is 127. The van der Waals surface area contributed by atoms with Crippen LogP contribution < -0.4 is 16.0 Å². The van der Waals surface area contributed by atoms with Gasteiger partial charge in [0, 0.05) is 30.8 Å². The van der Waals surface area contributed by atoms with E-state index in [1.165, 1.54) is 0 Å². The van der Waals surface area contributed by atoms with Gasteiger partial charge < -0.3 is 25.5 Å². The Kier molecular flexibility index (Phi) is 10.3. The number of halogens is 1. The Morgan fingerprint density at radius 2 is 2.00 bits per heavy atom. The largest absolute Gasteiger partial charge is 0.466 e. The third kappa shape index (κ3) is 7.94.